The summed E-state index contributed by atoms with van der Waals surface area (Å²) < 4.78 is 5.28. The topological polar surface area (TPSA) is 46.5 Å². The van der Waals surface area contributed by atoms with Gasteiger partial charge in [-0.1, -0.05) is 40.9 Å². The molecule has 6 heteroatoms. The smallest absolute Gasteiger partial charge is 0.308 e. The van der Waals surface area contributed by atoms with Gasteiger partial charge in [-0.25, -0.2) is 0 Å². The molecule has 122 valence electrons. The zero-order valence-corrected chi connectivity index (χ0v) is 14.5. The molecule has 0 aromatic heterocycles. The molecule has 23 heavy (non-hydrogen) atoms. The fourth-order valence-electron chi connectivity index (χ4n) is 2.98. The third-order valence-corrected chi connectivity index (χ3v) is 4.94. The van der Waals surface area contributed by atoms with Crippen LogP contribution in [0.2, 0.25) is 15.1 Å². The van der Waals surface area contributed by atoms with Gasteiger partial charge in [0.15, 0.2) is 0 Å². The Morgan fingerprint density at radius 1 is 1.13 bits per heavy atom. The predicted molar refractivity (Wildman–Crippen MR) is 92.4 cm³/mol. The van der Waals surface area contributed by atoms with Crippen molar-refractivity contribution in [1.82, 2.24) is 0 Å². The zero-order chi connectivity index (χ0) is 16.6. The molecule has 2 aromatic rings. The Morgan fingerprint density at radius 2 is 1.91 bits per heavy atom. The van der Waals surface area contributed by atoms with E-state index in [1.165, 1.54) is 0 Å². The number of carbonyl (C=O) groups is 1. The Kier molecular flexibility index (Phi) is 5.02. The molecule has 1 fully saturated rings. The molecule has 3 rings (SSSR count). The second-order valence-electron chi connectivity index (χ2n) is 5.75. The number of hydrogen-bond acceptors (Lipinski definition) is 3. The van der Waals surface area contributed by atoms with Gasteiger partial charge in [0.25, 0.3) is 0 Å². The number of cyclic esters (lactones) is 1. The number of rotatable bonds is 3. The second-order valence-corrected chi connectivity index (χ2v) is 7.00. The highest BCUT2D eigenvalue weighted by Gasteiger charge is 2.27. The van der Waals surface area contributed by atoms with Gasteiger partial charge in [0, 0.05) is 26.9 Å². The number of hydrogen-bond donors (Lipinski definition) is 1. The van der Waals surface area contributed by atoms with Crippen molar-refractivity contribution in [2.24, 2.45) is 0 Å². The van der Waals surface area contributed by atoms with Crippen molar-refractivity contribution in [2.45, 2.75) is 37.9 Å². The summed E-state index contributed by atoms with van der Waals surface area (Å²) in [6.07, 6.45) is 0.832. The van der Waals surface area contributed by atoms with Crippen LogP contribution in [0.1, 0.15) is 24.8 Å². The first kappa shape index (κ1) is 16.8. The molecule has 1 unspecified atom stereocenters. The minimum atomic E-state index is -0.627. The van der Waals surface area contributed by atoms with E-state index in [9.17, 15) is 9.90 Å². The van der Waals surface area contributed by atoms with E-state index in [4.69, 9.17) is 39.5 Å². The molecule has 1 aliphatic heterocycles. The van der Waals surface area contributed by atoms with Crippen molar-refractivity contribution in [3.8, 4) is 0 Å². The predicted octanol–water partition coefficient (Wildman–Crippen LogP) is 4.80. The first-order valence-corrected chi connectivity index (χ1v) is 8.51. The van der Waals surface area contributed by atoms with E-state index in [2.05, 4.69) is 0 Å². The van der Waals surface area contributed by atoms with Gasteiger partial charge in [-0.05, 0) is 42.0 Å². The fourth-order valence-corrected chi connectivity index (χ4v) is 3.78. The van der Waals surface area contributed by atoms with Crippen LogP contribution in [-0.2, 0) is 16.0 Å². The van der Waals surface area contributed by atoms with E-state index in [0.717, 1.165) is 16.3 Å². The van der Waals surface area contributed by atoms with Gasteiger partial charge < -0.3 is 9.84 Å². The van der Waals surface area contributed by atoms with Crippen molar-refractivity contribution in [2.75, 3.05) is 0 Å². The summed E-state index contributed by atoms with van der Waals surface area (Å²) in [5.41, 5.74) is 0.943. The Balaban J connectivity index is 1.86. The summed E-state index contributed by atoms with van der Waals surface area (Å²) in [5, 5.41) is 13.2. The molecule has 3 nitrogen and oxygen atoms in total. The van der Waals surface area contributed by atoms with E-state index < -0.39 is 6.10 Å². The summed E-state index contributed by atoms with van der Waals surface area (Å²) in [5.74, 6) is -0.354. The summed E-state index contributed by atoms with van der Waals surface area (Å²) >= 11 is 18.6. The van der Waals surface area contributed by atoms with Crippen LogP contribution in [0, 0.1) is 0 Å². The molecule has 0 spiro atoms. The van der Waals surface area contributed by atoms with Crippen LogP contribution in [0.25, 0.3) is 10.8 Å². The number of aliphatic hydroxyl groups excluding tert-OH is 1. The minimum Gasteiger partial charge on any atom is -0.462 e. The summed E-state index contributed by atoms with van der Waals surface area (Å²) in [6, 6.07) is 7.21. The molecular weight excluding hydrogens is 359 g/mol. The van der Waals surface area contributed by atoms with E-state index in [-0.39, 0.29) is 18.5 Å². The van der Waals surface area contributed by atoms with Crippen LogP contribution in [-0.4, -0.2) is 23.3 Å². The van der Waals surface area contributed by atoms with Gasteiger partial charge in [-0.15, -0.1) is 0 Å². The average molecular weight is 374 g/mol. The van der Waals surface area contributed by atoms with Gasteiger partial charge in [0.05, 0.1) is 12.5 Å². The lowest BCUT2D eigenvalue weighted by molar-refractivity contribution is -0.160. The normalized spacial score (nSPS) is 21.5. The largest absolute Gasteiger partial charge is 0.462 e. The third kappa shape index (κ3) is 3.74. The molecule has 2 aromatic carbocycles. The van der Waals surface area contributed by atoms with Crippen molar-refractivity contribution >= 4 is 51.5 Å². The standard InChI is InChI=1S/C17H15Cl3O3/c18-9-1-3-12-13(15(19)8-16(20)14(12)5-9)4-2-11-6-10(21)7-17(22)23-11/h1,3,5,8,10-11,21H,2,4,6-7H2/t10-,11?/m1/s1. The van der Waals surface area contributed by atoms with Gasteiger partial charge in [0.2, 0.25) is 0 Å². The first-order chi connectivity index (χ1) is 10.9. The van der Waals surface area contributed by atoms with E-state index in [0.29, 0.717) is 34.3 Å². The fraction of sp³-hybridized carbons (Fsp3) is 0.353. The maximum Gasteiger partial charge on any atom is 0.308 e. The maximum absolute atomic E-state index is 11.4. The third-order valence-electron chi connectivity index (χ3n) is 4.06. The van der Waals surface area contributed by atoms with Crippen LogP contribution in [0.4, 0.5) is 0 Å². The molecule has 0 saturated carbocycles. The SMILES string of the molecule is O=C1C[C@H](O)CC(CCc2c(Cl)cc(Cl)c3cc(Cl)ccc23)O1. The van der Waals surface area contributed by atoms with Crippen LogP contribution in [0.5, 0.6) is 0 Å². The van der Waals surface area contributed by atoms with Gasteiger partial charge in [-0.3, -0.25) is 4.79 Å². The molecule has 1 N–H and O–H groups in total. The highest BCUT2D eigenvalue weighted by molar-refractivity contribution is 6.40. The average Bonchev–Trinajstić information content (AvgIpc) is 2.46. The molecule has 0 radical (unpaired) electrons. The van der Waals surface area contributed by atoms with Crippen LogP contribution >= 0.6 is 34.8 Å². The van der Waals surface area contributed by atoms with E-state index in [1.807, 2.05) is 12.1 Å². The molecule has 1 heterocycles. The first-order valence-electron chi connectivity index (χ1n) is 7.37. The molecule has 1 aliphatic rings. The molecule has 1 saturated heterocycles. The number of aliphatic hydroxyl groups is 1. The van der Waals surface area contributed by atoms with Crippen molar-refractivity contribution in [1.29, 1.82) is 0 Å². The quantitative estimate of drug-likeness (QED) is 0.786. The Bertz CT molecular complexity index is 760. The highest BCUT2D eigenvalue weighted by atomic mass is 35.5. The summed E-state index contributed by atoms with van der Waals surface area (Å²) in [7, 11) is 0. The van der Waals surface area contributed by atoms with Crippen LogP contribution in [0.15, 0.2) is 24.3 Å². The van der Waals surface area contributed by atoms with Crippen LogP contribution in [0.3, 0.4) is 0 Å². The second kappa shape index (κ2) is 6.86. The monoisotopic (exact) mass is 372 g/mol. The van der Waals surface area contributed by atoms with Crippen molar-refractivity contribution < 1.29 is 14.6 Å². The lowest BCUT2D eigenvalue weighted by Crippen LogP contribution is -2.32. The Morgan fingerprint density at radius 3 is 2.65 bits per heavy atom. The lowest BCUT2D eigenvalue weighted by Gasteiger charge is -2.26. The van der Waals surface area contributed by atoms with Gasteiger partial charge in [0.1, 0.15) is 6.10 Å². The number of fused-ring (bicyclic) bond motifs is 1. The number of benzene rings is 2. The van der Waals surface area contributed by atoms with Crippen molar-refractivity contribution in [3.05, 3.63) is 44.9 Å². The van der Waals surface area contributed by atoms with Gasteiger partial charge >= 0.3 is 5.97 Å². The van der Waals surface area contributed by atoms with Gasteiger partial charge in [-0.2, -0.15) is 0 Å². The summed E-state index contributed by atoms with van der Waals surface area (Å²) in [4.78, 5) is 11.4. The van der Waals surface area contributed by atoms with Crippen LogP contribution < -0.4 is 0 Å². The van der Waals surface area contributed by atoms with E-state index in [1.54, 1.807) is 12.1 Å². The van der Waals surface area contributed by atoms with Crippen molar-refractivity contribution in [3.63, 3.8) is 0 Å². The molecule has 0 bridgehead atoms. The maximum atomic E-state index is 11.4. The highest BCUT2D eigenvalue weighted by Crippen LogP contribution is 2.35. The number of aryl methyl sites for hydroxylation is 1. The minimum absolute atomic E-state index is 0.0691. The lowest BCUT2D eigenvalue weighted by atomic mass is 9.96. The Labute approximate surface area is 149 Å². The van der Waals surface area contributed by atoms with E-state index >= 15 is 0 Å². The molecule has 0 amide bonds. The molecule has 0 aliphatic carbocycles. The molecule has 2 atom stereocenters. The Hall–Kier alpha value is -1.00. The molecular formula is C17H15Cl3O3. The zero-order valence-electron chi connectivity index (χ0n) is 12.2. The summed E-state index contributed by atoms with van der Waals surface area (Å²) in [6.45, 7) is 0. The number of carbonyl (C=O) groups excluding carboxylic acids is 1. The number of ether oxygens (including phenoxy) is 1. The number of esters is 1. The number of halogens is 3.